The Hall–Kier alpha value is -5.62. The second-order valence-electron chi connectivity index (χ2n) is 14.4. The number of aliphatic hydroxyl groups excluding tert-OH is 1. The van der Waals surface area contributed by atoms with E-state index in [2.05, 4.69) is 60.8 Å². The highest BCUT2D eigenvalue weighted by molar-refractivity contribution is 7.99. The fraction of sp³-hybridized carbons (Fsp3) is 0.293. The summed E-state index contributed by atoms with van der Waals surface area (Å²) in [6.45, 7) is 10.3. The van der Waals surface area contributed by atoms with Gasteiger partial charge in [-0.15, -0.1) is 20.5 Å². The number of methoxy groups -OCH3 is 2. The third kappa shape index (κ3) is 11.9. The summed E-state index contributed by atoms with van der Waals surface area (Å²) in [5.41, 5.74) is 2.54. The molecule has 0 amide bonds. The molecule has 4 aromatic carbocycles. The fourth-order valence-electron chi connectivity index (χ4n) is 6.92. The lowest BCUT2D eigenvalue weighted by Gasteiger charge is -2.25. The summed E-state index contributed by atoms with van der Waals surface area (Å²) in [6, 6.07) is 12.1. The predicted octanol–water partition coefficient (Wildman–Crippen LogP) is 11.0. The van der Waals surface area contributed by atoms with Crippen molar-refractivity contribution in [2.75, 3.05) is 73.2 Å². The van der Waals surface area contributed by atoms with Gasteiger partial charge in [-0.2, -0.15) is 31.8 Å². The molecule has 7 rings (SSSR count). The SMILES string of the molecule is CCN(CC)c1cc(Nc2nc(Nc3cc(N(CC)CC)c(OC)cc3N=Nc3nc4c(S(=O)(=O)O)cc(Cl)cc4s3)nc(SCCO)n2)c(N=Nc2nc3c(S(=O)(=O)O)cc(Cl)cc3s2)cc1OC. The van der Waals surface area contributed by atoms with E-state index in [-0.39, 0.29) is 72.1 Å². The van der Waals surface area contributed by atoms with Crippen LogP contribution < -0.4 is 29.9 Å². The molecular weight excluding hydrogens is 1050 g/mol. The molecule has 0 unspecified atom stereocenters. The Morgan fingerprint density at radius 3 is 1.40 bits per heavy atom. The number of nitrogens with one attached hydrogen (secondary N) is 2. The smallest absolute Gasteiger partial charge is 0.296 e. The Bertz CT molecular complexity index is 3160. The highest BCUT2D eigenvalue weighted by Gasteiger charge is 2.23. The van der Waals surface area contributed by atoms with Crippen LogP contribution in [0, 0.1) is 0 Å². The number of rotatable bonds is 21. The minimum atomic E-state index is -4.68. The Morgan fingerprint density at radius 2 is 1.04 bits per heavy atom. The lowest BCUT2D eigenvalue weighted by molar-refractivity contribution is 0.322. The van der Waals surface area contributed by atoms with E-state index < -0.39 is 30.0 Å². The summed E-state index contributed by atoms with van der Waals surface area (Å²) in [6.07, 6.45) is 0. The zero-order valence-corrected chi connectivity index (χ0v) is 43.5. The van der Waals surface area contributed by atoms with Crippen molar-refractivity contribution >= 4 is 155 Å². The van der Waals surface area contributed by atoms with E-state index in [1.165, 1.54) is 26.4 Å². The van der Waals surface area contributed by atoms with Gasteiger partial charge < -0.3 is 35.0 Å². The molecule has 7 aromatic rings. The number of hydrogen-bond donors (Lipinski definition) is 5. The molecule has 0 spiro atoms. The molecule has 0 atom stereocenters. The van der Waals surface area contributed by atoms with Crippen LogP contribution in [0.15, 0.2) is 83.9 Å². The molecule has 0 saturated carbocycles. The summed E-state index contributed by atoms with van der Waals surface area (Å²) in [7, 11) is -6.32. The number of anilines is 6. The van der Waals surface area contributed by atoms with Crippen LogP contribution in [0.5, 0.6) is 11.5 Å². The van der Waals surface area contributed by atoms with Crippen molar-refractivity contribution in [3.63, 3.8) is 0 Å². The van der Waals surface area contributed by atoms with Gasteiger partial charge in [0.05, 0.1) is 53.0 Å². The van der Waals surface area contributed by atoms with E-state index in [4.69, 9.17) is 37.7 Å². The lowest BCUT2D eigenvalue weighted by atomic mass is 10.2. The number of nitrogens with zero attached hydrogens (tertiary/aromatic N) is 11. The minimum Gasteiger partial charge on any atom is -0.494 e. The largest absolute Gasteiger partial charge is 0.494 e. The maximum Gasteiger partial charge on any atom is 0.296 e. The van der Waals surface area contributed by atoms with Crippen LogP contribution >= 0.6 is 57.6 Å². The zero-order valence-electron chi connectivity index (χ0n) is 37.9. The van der Waals surface area contributed by atoms with Gasteiger partial charge in [-0.3, -0.25) is 9.11 Å². The van der Waals surface area contributed by atoms with Crippen molar-refractivity contribution in [3.05, 3.63) is 58.6 Å². The quantitative estimate of drug-likeness (QED) is 0.0254. The van der Waals surface area contributed by atoms with Gasteiger partial charge >= 0.3 is 0 Å². The average Bonchev–Trinajstić information content (AvgIpc) is 3.93. The second-order valence-corrected chi connectivity index (χ2v) is 21.1. The molecule has 0 aliphatic carbocycles. The standard InChI is InChI=1S/C41H43Cl2N13O9S5/c1-7-55(8-2)27-17-23(25(19-29(27)64-5)51-53-40-46-35-31(67-40)13-21(42)15-33(35)69(58,59)60)44-37-48-38(50-39(49-37)66-12-11-57)45-24-18-28(56(9-3)10-4)30(65-6)20-26(24)52-54-41-47-36-32(68-41)14-22(43)16-34(36)70(61,62)63/h13-20,57H,7-12H2,1-6H3,(H,58,59,60)(H,61,62,63)(H2,44,45,48,49,50). The first-order valence-electron chi connectivity index (χ1n) is 20.9. The van der Waals surface area contributed by atoms with Crippen LogP contribution in [-0.4, -0.2) is 109 Å². The van der Waals surface area contributed by atoms with Crippen LogP contribution in [0.2, 0.25) is 10.0 Å². The first-order valence-corrected chi connectivity index (χ1v) is 27.1. The van der Waals surface area contributed by atoms with E-state index in [1.54, 1.807) is 24.3 Å². The second kappa shape index (κ2) is 22.2. The molecule has 3 heterocycles. The van der Waals surface area contributed by atoms with Gasteiger partial charge in [0.1, 0.15) is 43.7 Å². The summed E-state index contributed by atoms with van der Waals surface area (Å²) >= 11 is 15.5. The molecule has 0 radical (unpaired) electrons. The monoisotopic (exact) mass is 1090 g/mol. The summed E-state index contributed by atoms with van der Waals surface area (Å²) < 4.78 is 80.8. The molecular formula is C41H43Cl2N13O9S5. The summed E-state index contributed by atoms with van der Waals surface area (Å²) in [5, 5.41) is 34.5. The number of hydrogen-bond acceptors (Lipinski definition) is 23. The Morgan fingerprint density at radius 1 is 0.629 bits per heavy atom. The number of fused-ring (bicyclic) bond motifs is 2. The molecule has 0 aliphatic heterocycles. The van der Waals surface area contributed by atoms with E-state index in [0.717, 1.165) is 46.6 Å². The lowest BCUT2D eigenvalue weighted by Crippen LogP contribution is -2.22. The maximum atomic E-state index is 12.2. The van der Waals surface area contributed by atoms with Gasteiger partial charge in [-0.25, -0.2) is 9.97 Å². The number of thioether (sulfide) groups is 1. The first-order chi connectivity index (χ1) is 33.4. The van der Waals surface area contributed by atoms with Crippen molar-refractivity contribution in [2.45, 2.75) is 42.6 Å². The highest BCUT2D eigenvalue weighted by Crippen LogP contribution is 2.44. The van der Waals surface area contributed by atoms with Crippen molar-refractivity contribution in [1.82, 2.24) is 24.9 Å². The van der Waals surface area contributed by atoms with E-state index in [0.29, 0.717) is 69.8 Å². The first kappa shape index (κ1) is 52.2. The van der Waals surface area contributed by atoms with Gasteiger partial charge in [0, 0.05) is 54.1 Å². The minimum absolute atomic E-state index is 0.0288. The van der Waals surface area contributed by atoms with Crippen molar-refractivity contribution < 1.29 is 40.5 Å². The molecule has 370 valence electrons. The van der Waals surface area contributed by atoms with Gasteiger partial charge in [-0.1, -0.05) is 57.6 Å². The maximum absolute atomic E-state index is 12.2. The molecule has 0 bridgehead atoms. The number of halogens is 2. The summed E-state index contributed by atoms with van der Waals surface area (Å²) in [4.78, 5) is 25.9. The molecule has 22 nitrogen and oxygen atoms in total. The van der Waals surface area contributed by atoms with Crippen LogP contribution in [-0.2, 0) is 20.2 Å². The number of aromatic nitrogens is 5. The van der Waals surface area contributed by atoms with Crippen LogP contribution in [0.4, 0.5) is 56.3 Å². The number of ether oxygens (including phenoxy) is 2. The molecule has 70 heavy (non-hydrogen) atoms. The number of benzene rings is 4. The zero-order chi connectivity index (χ0) is 50.5. The highest BCUT2D eigenvalue weighted by atomic mass is 35.5. The van der Waals surface area contributed by atoms with Crippen LogP contribution in [0.25, 0.3) is 20.4 Å². The van der Waals surface area contributed by atoms with E-state index in [1.807, 2.05) is 27.7 Å². The molecule has 0 saturated heterocycles. The Labute approximate surface area is 423 Å². The van der Waals surface area contributed by atoms with Crippen molar-refractivity contribution in [3.8, 4) is 11.5 Å². The van der Waals surface area contributed by atoms with Crippen LogP contribution in [0.3, 0.4) is 0 Å². The van der Waals surface area contributed by atoms with Gasteiger partial charge in [0.2, 0.25) is 22.2 Å². The average molecular weight is 1090 g/mol. The number of thiazole rings is 2. The third-order valence-electron chi connectivity index (χ3n) is 10.1. The number of aliphatic hydroxyl groups is 1. The summed E-state index contributed by atoms with van der Waals surface area (Å²) in [5.74, 6) is 1.25. The normalized spacial score (nSPS) is 12.2. The fourth-order valence-corrected chi connectivity index (χ4v) is 11.4. The molecule has 5 N–H and O–H groups in total. The van der Waals surface area contributed by atoms with Crippen molar-refractivity contribution in [1.29, 1.82) is 0 Å². The molecule has 0 fully saturated rings. The Balaban J connectivity index is 1.33. The Kier molecular flexibility index (Phi) is 16.6. The predicted molar refractivity (Wildman–Crippen MR) is 275 cm³/mol. The number of azo groups is 2. The van der Waals surface area contributed by atoms with E-state index in [9.17, 15) is 31.0 Å². The molecule has 3 aromatic heterocycles. The van der Waals surface area contributed by atoms with Gasteiger partial charge in [0.25, 0.3) is 20.2 Å². The van der Waals surface area contributed by atoms with E-state index >= 15 is 0 Å². The van der Waals surface area contributed by atoms with Gasteiger partial charge in [-0.05, 0) is 64.1 Å². The topological polar surface area (TPSA) is 292 Å². The molecule has 29 heteroatoms. The third-order valence-corrected chi connectivity index (χ3v) is 14.9. The van der Waals surface area contributed by atoms with Crippen LogP contribution in [0.1, 0.15) is 27.7 Å². The van der Waals surface area contributed by atoms with Gasteiger partial charge in [0.15, 0.2) is 5.16 Å². The van der Waals surface area contributed by atoms with Crippen molar-refractivity contribution in [2.24, 2.45) is 20.5 Å². The molecule has 0 aliphatic rings.